The molecule has 0 bridgehead atoms. The number of methoxy groups -OCH3 is 1. The number of nitrogens with one attached hydrogen (secondary N) is 1. The summed E-state index contributed by atoms with van der Waals surface area (Å²) in [5.74, 6) is 6.37. The van der Waals surface area contributed by atoms with Crippen molar-refractivity contribution in [2.24, 2.45) is 23.5 Å². The molecular formula is C39H56FN5O7. The van der Waals surface area contributed by atoms with Crippen molar-refractivity contribution in [3.05, 3.63) is 29.5 Å². The number of primary amides is 1. The zero-order valence-electron chi connectivity index (χ0n) is 31.5. The Morgan fingerprint density at radius 1 is 1.12 bits per heavy atom. The fourth-order valence-electron chi connectivity index (χ4n) is 7.19. The van der Waals surface area contributed by atoms with Gasteiger partial charge < -0.3 is 40.2 Å². The van der Waals surface area contributed by atoms with E-state index in [0.717, 1.165) is 45.2 Å². The van der Waals surface area contributed by atoms with Gasteiger partial charge in [-0.1, -0.05) is 18.8 Å². The van der Waals surface area contributed by atoms with Gasteiger partial charge in [-0.25, -0.2) is 14.2 Å². The maximum Gasteiger partial charge on any atom is 0.407 e. The van der Waals surface area contributed by atoms with Crippen LogP contribution >= 0.6 is 0 Å². The first-order valence-corrected chi connectivity index (χ1v) is 18.4. The van der Waals surface area contributed by atoms with Gasteiger partial charge in [0, 0.05) is 67.2 Å². The van der Waals surface area contributed by atoms with Crippen molar-refractivity contribution in [1.82, 2.24) is 20.1 Å². The molecule has 52 heavy (non-hydrogen) atoms. The Kier molecular flexibility index (Phi) is 14.5. The Labute approximate surface area is 306 Å². The van der Waals surface area contributed by atoms with Crippen LogP contribution in [0.25, 0.3) is 10.8 Å². The highest BCUT2D eigenvalue weighted by Crippen LogP contribution is 2.34. The molecule has 1 saturated carbocycles. The van der Waals surface area contributed by atoms with Crippen molar-refractivity contribution in [1.29, 1.82) is 0 Å². The average Bonchev–Trinajstić information content (AvgIpc) is 3.38. The van der Waals surface area contributed by atoms with Gasteiger partial charge in [-0.2, -0.15) is 0 Å². The van der Waals surface area contributed by atoms with Crippen molar-refractivity contribution in [3.8, 4) is 23.5 Å². The monoisotopic (exact) mass is 725 g/mol. The fourth-order valence-corrected chi connectivity index (χ4v) is 7.19. The number of halogens is 1. The van der Waals surface area contributed by atoms with Crippen LogP contribution in [0.1, 0.15) is 88.6 Å². The molecule has 0 spiro atoms. The van der Waals surface area contributed by atoms with Gasteiger partial charge in [-0.3, -0.25) is 9.59 Å². The number of ether oxygens (including phenoxy) is 3. The number of carbonyl (C=O) groups excluding carboxylic acids is 2. The van der Waals surface area contributed by atoms with Crippen molar-refractivity contribution < 1.29 is 38.1 Å². The van der Waals surface area contributed by atoms with E-state index in [1.54, 1.807) is 18.3 Å². The molecule has 1 aromatic carbocycles. The molecule has 286 valence electrons. The molecule has 2 aromatic rings. The Bertz CT molecular complexity index is 1610. The molecule has 2 fully saturated rings. The molecule has 3 atom stereocenters. The van der Waals surface area contributed by atoms with Gasteiger partial charge in [0.2, 0.25) is 5.88 Å². The molecule has 3 amide bonds. The second-order valence-electron chi connectivity index (χ2n) is 15.0. The summed E-state index contributed by atoms with van der Waals surface area (Å²) in [6.07, 6.45) is 5.36. The number of carboxylic acid groups (broad SMARTS) is 1. The minimum absolute atomic E-state index is 0.0386. The minimum atomic E-state index is -1.57. The lowest BCUT2D eigenvalue weighted by molar-refractivity contribution is -0.123. The predicted octanol–water partition coefficient (Wildman–Crippen LogP) is 5.25. The number of hydrogen-bond donors (Lipinski definition) is 3. The molecule has 4 N–H and O–H groups in total. The predicted molar refractivity (Wildman–Crippen MR) is 197 cm³/mol. The SMILES string of the molecule is CC[C@@H]1[C@H](F)C(=O)N[C@@H]1COc1ncc(C#CC2CCC(CN(C)CCCOCCCN(C(=O)O)C(C)(C)C)CC2)c2cc(C(N)=O)c(OC)cc12. The third-order valence-corrected chi connectivity index (χ3v) is 10.1. The van der Waals surface area contributed by atoms with Crippen LogP contribution in [0.3, 0.4) is 0 Å². The minimum Gasteiger partial charge on any atom is -0.496 e. The van der Waals surface area contributed by atoms with Crippen molar-refractivity contribution in [2.75, 3.05) is 53.6 Å². The smallest absolute Gasteiger partial charge is 0.407 e. The van der Waals surface area contributed by atoms with E-state index in [2.05, 4.69) is 34.1 Å². The van der Waals surface area contributed by atoms with E-state index in [1.165, 1.54) is 12.0 Å². The molecule has 1 aromatic heterocycles. The van der Waals surface area contributed by atoms with Crippen LogP contribution in [0.15, 0.2) is 18.3 Å². The number of alkyl halides is 1. The quantitative estimate of drug-likeness (QED) is 0.155. The third-order valence-electron chi connectivity index (χ3n) is 10.1. The number of nitrogens with zero attached hydrogens (tertiary/aromatic N) is 3. The first-order valence-electron chi connectivity index (χ1n) is 18.4. The van der Waals surface area contributed by atoms with Gasteiger partial charge in [-0.15, -0.1) is 0 Å². The molecule has 12 nitrogen and oxygen atoms in total. The van der Waals surface area contributed by atoms with E-state index in [1.807, 2.05) is 27.7 Å². The van der Waals surface area contributed by atoms with E-state index >= 15 is 0 Å². The van der Waals surface area contributed by atoms with E-state index in [0.29, 0.717) is 54.9 Å². The van der Waals surface area contributed by atoms with Crippen molar-refractivity contribution >= 4 is 28.7 Å². The molecule has 1 saturated heterocycles. The number of amides is 3. The molecule has 0 radical (unpaired) electrons. The Hall–Kier alpha value is -4.15. The topological polar surface area (TPSA) is 157 Å². The summed E-state index contributed by atoms with van der Waals surface area (Å²) in [6.45, 7) is 11.2. The maximum absolute atomic E-state index is 14.4. The summed E-state index contributed by atoms with van der Waals surface area (Å²) in [6, 6.07) is 2.81. The third kappa shape index (κ3) is 10.7. The van der Waals surface area contributed by atoms with Gasteiger partial charge in [0.25, 0.3) is 11.8 Å². The van der Waals surface area contributed by atoms with Crippen LogP contribution in [-0.2, 0) is 9.53 Å². The number of rotatable bonds is 16. The van der Waals surface area contributed by atoms with Gasteiger partial charge in [0.05, 0.1) is 24.3 Å². The number of benzene rings is 1. The Morgan fingerprint density at radius 3 is 2.42 bits per heavy atom. The van der Waals surface area contributed by atoms with E-state index < -0.39 is 41.6 Å². The summed E-state index contributed by atoms with van der Waals surface area (Å²) in [5.41, 5.74) is 6.10. The highest BCUT2D eigenvalue weighted by molar-refractivity contribution is 6.03. The normalized spacial score (nSPS) is 21.8. The van der Waals surface area contributed by atoms with E-state index in [9.17, 15) is 23.9 Å². The average molecular weight is 726 g/mol. The second-order valence-corrected chi connectivity index (χ2v) is 15.0. The number of carbonyl (C=O) groups is 3. The highest BCUT2D eigenvalue weighted by Gasteiger charge is 2.42. The lowest BCUT2D eigenvalue weighted by atomic mass is 9.82. The van der Waals surface area contributed by atoms with Crippen LogP contribution in [0, 0.1) is 29.6 Å². The maximum atomic E-state index is 14.4. The van der Waals surface area contributed by atoms with Crippen LogP contribution in [0.4, 0.5) is 9.18 Å². The largest absolute Gasteiger partial charge is 0.496 e. The first kappa shape index (κ1) is 40.6. The summed E-state index contributed by atoms with van der Waals surface area (Å²) in [4.78, 5) is 44.1. The molecule has 2 heterocycles. The lowest BCUT2D eigenvalue weighted by Gasteiger charge is -2.33. The molecule has 1 aliphatic heterocycles. The zero-order valence-corrected chi connectivity index (χ0v) is 31.5. The van der Waals surface area contributed by atoms with Crippen LogP contribution in [0.5, 0.6) is 11.6 Å². The van der Waals surface area contributed by atoms with Crippen LogP contribution < -0.4 is 20.5 Å². The first-order chi connectivity index (χ1) is 24.7. The van der Waals surface area contributed by atoms with Crippen LogP contribution in [0.2, 0.25) is 0 Å². The van der Waals surface area contributed by atoms with Gasteiger partial charge in [-0.05, 0) is 90.8 Å². The van der Waals surface area contributed by atoms with Gasteiger partial charge >= 0.3 is 6.09 Å². The number of nitrogens with two attached hydrogens (primary N) is 1. The second kappa shape index (κ2) is 18.6. The number of aromatic nitrogens is 1. The van der Waals surface area contributed by atoms with Crippen molar-refractivity contribution in [2.45, 2.75) is 90.4 Å². The van der Waals surface area contributed by atoms with Gasteiger partial charge in [0.15, 0.2) is 6.17 Å². The molecule has 13 heteroatoms. The molecule has 1 aliphatic carbocycles. The lowest BCUT2D eigenvalue weighted by Crippen LogP contribution is -2.45. The Balaban J connectivity index is 1.30. The van der Waals surface area contributed by atoms with E-state index in [-0.39, 0.29) is 29.7 Å². The molecular weight excluding hydrogens is 669 g/mol. The molecule has 2 aliphatic rings. The summed E-state index contributed by atoms with van der Waals surface area (Å²) < 4.78 is 31.6. The van der Waals surface area contributed by atoms with Crippen molar-refractivity contribution in [3.63, 3.8) is 0 Å². The van der Waals surface area contributed by atoms with Gasteiger partial charge in [0.1, 0.15) is 12.4 Å². The summed E-state index contributed by atoms with van der Waals surface area (Å²) >= 11 is 0. The summed E-state index contributed by atoms with van der Waals surface area (Å²) in [7, 11) is 3.59. The molecule has 0 unspecified atom stereocenters. The fraction of sp³-hybridized carbons (Fsp3) is 0.641. The van der Waals surface area contributed by atoms with Crippen LogP contribution in [-0.4, -0.2) is 109 Å². The Morgan fingerprint density at radius 2 is 1.81 bits per heavy atom. The number of fused-ring (bicyclic) bond motifs is 1. The zero-order chi connectivity index (χ0) is 38.0. The molecule has 4 rings (SSSR count). The van der Waals surface area contributed by atoms with E-state index in [4.69, 9.17) is 19.9 Å². The highest BCUT2D eigenvalue weighted by atomic mass is 19.1. The standard InChI is InChI=1S/C39H56FN5O7/c1-7-28-32(43-36(47)34(28)40)24-52-37-30-21-33(50-6)31(35(41)46)20-29(30)27(22-42-37)15-14-25-10-12-26(13-11-25)23-44(5)16-8-18-51-19-9-17-45(38(48)49)39(2,3)4/h20-22,25-26,28,32,34H,7-13,16-19,23-24H2,1-6H3,(H2,41,46)(H,43,47)(H,48,49)/t25?,26?,28-,32+,34-/m0/s1. The number of hydrogen-bond acceptors (Lipinski definition) is 8. The summed E-state index contributed by atoms with van der Waals surface area (Å²) in [5, 5.41) is 13.3. The number of pyridine rings is 1.